The Labute approximate surface area is 139 Å². The highest BCUT2D eigenvalue weighted by Crippen LogP contribution is 2.38. The first-order valence-corrected chi connectivity index (χ1v) is 7.76. The van der Waals surface area contributed by atoms with E-state index in [1.165, 1.54) is 0 Å². The van der Waals surface area contributed by atoms with Crippen LogP contribution < -0.4 is 0 Å². The molecule has 1 aromatic carbocycles. The van der Waals surface area contributed by atoms with Crippen molar-refractivity contribution in [3.63, 3.8) is 0 Å². The average molecular weight is 317 g/mol. The van der Waals surface area contributed by atoms with E-state index >= 15 is 0 Å². The number of benzene rings is 1. The summed E-state index contributed by atoms with van der Waals surface area (Å²) in [7, 11) is 0. The maximum Gasteiger partial charge on any atom is 0.335 e. The molecule has 4 rings (SSSR count). The predicted molar refractivity (Wildman–Crippen MR) is 91.3 cm³/mol. The van der Waals surface area contributed by atoms with Crippen LogP contribution >= 0.6 is 0 Å². The molecule has 2 aromatic rings. The number of allylic oxidation sites excluding steroid dienone is 8. The molecule has 1 heterocycles. The number of aromatic carboxylic acids is 1. The van der Waals surface area contributed by atoms with E-state index in [9.17, 15) is 4.79 Å². The van der Waals surface area contributed by atoms with Crippen LogP contribution in [0, 0.1) is 11.8 Å². The Balaban J connectivity index is 1.68. The normalized spacial score (nSPS) is 21.4. The average Bonchev–Trinajstić information content (AvgIpc) is 3.11. The molecule has 2 unspecified atom stereocenters. The lowest BCUT2D eigenvalue weighted by Crippen LogP contribution is -2.14. The van der Waals surface area contributed by atoms with Gasteiger partial charge >= 0.3 is 5.97 Å². The van der Waals surface area contributed by atoms with E-state index in [2.05, 4.69) is 29.5 Å². The zero-order chi connectivity index (χ0) is 16.5. The first kappa shape index (κ1) is 14.5. The van der Waals surface area contributed by atoms with E-state index in [0.717, 1.165) is 11.1 Å². The Morgan fingerprint density at radius 3 is 2.79 bits per heavy atom. The number of hydrogen-bond acceptors (Lipinski definition) is 3. The first-order valence-electron chi connectivity index (χ1n) is 7.76. The summed E-state index contributed by atoms with van der Waals surface area (Å²) in [6, 6.07) is 8.57. The number of nitrogens with zero attached hydrogens (tertiary/aromatic N) is 1. The van der Waals surface area contributed by atoms with Crippen LogP contribution in [0.25, 0.3) is 16.8 Å². The van der Waals surface area contributed by atoms with Crippen LogP contribution in [0.15, 0.2) is 77.4 Å². The predicted octanol–water partition coefficient (Wildman–Crippen LogP) is 4.35. The van der Waals surface area contributed by atoms with Crippen LogP contribution in [0.2, 0.25) is 0 Å². The zero-order valence-corrected chi connectivity index (χ0v) is 12.8. The third-order valence-corrected chi connectivity index (χ3v) is 4.35. The van der Waals surface area contributed by atoms with Crippen LogP contribution in [0.3, 0.4) is 0 Å². The molecule has 0 amide bonds. The number of carboxylic acid groups (broad SMARTS) is 1. The van der Waals surface area contributed by atoms with Gasteiger partial charge in [-0.2, -0.15) is 0 Å². The van der Waals surface area contributed by atoms with Gasteiger partial charge in [-0.25, -0.2) is 4.79 Å². The zero-order valence-electron chi connectivity index (χ0n) is 12.8. The second kappa shape index (κ2) is 5.81. The number of fused-ring (bicyclic) bond motifs is 1. The van der Waals surface area contributed by atoms with Crippen LogP contribution in [0.4, 0.5) is 0 Å². The molecule has 118 valence electrons. The largest absolute Gasteiger partial charge is 0.478 e. The molecule has 0 radical (unpaired) electrons. The second-order valence-corrected chi connectivity index (χ2v) is 5.84. The minimum absolute atomic E-state index is 0.234. The van der Waals surface area contributed by atoms with Crippen molar-refractivity contribution in [2.24, 2.45) is 11.8 Å². The van der Waals surface area contributed by atoms with Crippen LogP contribution in [-0.4, -0.2) is 16.2 Å². The summed E-state index contributed by atoms with van der Waals surface area (Å²) in [5.41, 5.74) is 2.68. The molecule has 0 saturated carbocycles. The molecule has 0 bridgehead atoms. The topological polar surface area (TPSA) is 63.3 Å². The van der Waals surface area contributed by atoms with Gasteiger partial charge in [0.1, 0.15) is 5.69 Å². The van der Waals surface area contributed by atoms with Gasteiger partial charge in [-0.3, -0.25) is 0 Å². The summed E-state index contributed by atoms with van der Waals surface area (Å²) < 4.78 is 5.55. The summed E-state index contributed by atoms with van der Waals surface area (Å²) in [6.45, 7) is 0. The van der Waals surface area contributed by atoms with Gasteiger partial charge in [0.25, 0.3) is 0 Å². The van der Waals surface area contributed by atoms with Crippen molar-refractivity contribution in [3.8, 4) is 11.3 Å². The molecule has 2 atom stereocenters. The van der Waals surface area contributed by atoms with Gasteiger partial charge in [-0.1, -0.05) is 59.8 Å². The van der Waals surface area contributed by atoms with Crippen molar-refractivity contribution in [2.45, 2.75) is 0 Å². The number of rotatable bonds is 3. The van der Waals surface area contributed by atoms with Gasteiger partial charge in [0.05, 0.1) is 5.56 Å². The van der Waals surface area contributed by atoms with Gasteiger partial charge in [0.15, 0.2) is 5.76 Å². The lowest BCUT2D eigenvalue weighted by Gasteiger charge is -2.25. The molecule has 0 spiro atoms. The lowest BCUT2D eigenvalue weighted by atomic mass is 9.79. The Kier molecular flexibility index (Phi) is 3.50. The van der Waals surface area contributed by atoms with E-state index in [-0.39, 0.29) is 11.5 Å². The molecule has 2 aliphatic rings. The SMILES string of the molecule is O=C(O)c1cccc(-c2cc(C3=CC=CC4C=CC=CC34)on2)c1. The molecule has 2 aliphatic carbocycles. The maximum absolute atomic E-state index is 11.1. The number of aromatic nitrogens is 1. The van der Waals surface area contributed by atoms with Crippen molar-refractivity contribution in [3.05, 3.63) is 84.2 Å². The fourth-order valence-electron chi connectivity index (χ4n) is 3.12. The fourth-order valence-corrected chi connectivity index (χ4v) is 3.12. The molecule has 0 fully saturated rings. The highest BCUT2D eigenvalue weighted by atomic mass is 16.5. The van der Waals surface area contributed by atoms with Gasteiger partial charge in [0, 0.05) is 29.0 Å². The highest BCUT2D eigenvalue weighted by Gasteiger charge is 2.26. The molecule has 1 N–H and O–H groups in total. The molecule has 1 aromatic heterocycles. The molecular formula is C20H15NO3. The first-order chi connectivity index (χ1) is 11.7. The van der Waals surface area contributed by atoms with E-state index in [1.807, 2.05) is 30.4 Å². The fraction of sp³-hybridized carbons (Fsp3) is 0.100. The van der Waals surface area contributed by atoms with Gasteiger partial charge in [-0.05, 0) is 12.1 Å². The number of hydrogen-bond donors (Lipinski definition) is 1. The Morgan fingerprint density at radius 1 is 1.08 bits per heavy atom. The summed E-state index contributed by atoms with van der Waals surface area (Å²) in [6.07, 6.45) is 14.7. The Bertz CT molecular complexity index is 914. The smallest absolute Gasteiger partial charge is 0.335 e. The van der Waals surface area contributed by atoms with Crippen molar-refractivity contribution < 1.29 is 14.4 Å². The minimum atomic E-state index is -0.956. The van der Waals surface area contributed by atoms with E-state index < -0.39 is 5.97 Å². The molecule has 4 nitrogen and oxygen atoms in total. The van der Waals surface area contributed by atoms with Crippen molar-refractivity contribution >= 4 is 11.5 Å². The standard InChI is InChI=1S/C20H15NO3/c22-20(23)15-8-3-7-14(11-15)18-12-19(24-21-18)17-10-4-6-13-5-1-2-9-16(13)17/h1-13,16H,(H,22,23). The molecule has 0 aliphatic heterocycles. The summed E-state index contributed by atoms with van der Waals surface area (Å²) in [4.78, 5) is 11.1. The lowest BCUT2D eigenvalue weighted by molar-refractivity contribution is 0.0697. The third-order valence-electron chi connectivity index (χ3n) is 4.35. The van der Waals surface area contributed by atoms with Crippen LogP contribution in [0.1, 0.15) is 16.1 Å². The van der Waals surface area contributed by atoms with Gasteiger partial charge in [0.2, 0.25) is 0 Å². The monoisotopic (exact) mass is 317 g/mol. The minimum Gasteiger partial charge on any atom is -0.478 e. The molecule has 4 heteroatoms. The Morgan fingerprint density at radius 2 is 1.92 bits per heavy atom. The second-order valence-electron chi connectivity index (χ2n) is 5.84. The third kappa shape index (κ3) is 2.52. The van der Waals surface area contributed by atoms with Crippen molar-refractivity contribution in [1.29, 1.82) is 0 Å². The van der Waals surface area contributed by atoms with Crippen LogP contribution in [-0.2, 0) is 0 Å². The van der Waals surface area contributed by atoms with E-state index in [0.29, 0.717) is 17.4 Å². The number of carbonyl (C=O) groups is 1. The summed E-state index contributed by atoms with van der Waals surface area (Å²) in [5.74, 6) is 0.331. The van der Waals surface area contributed by atoms with Gasteiger partial charge < -0.3 is 9.63 Å². The molecule has 24 heavy (non-hydrogen) atoms. The highest BCUT2D eigenvalue weighted by molar-refractivity contribution is 5.89. The summed E-state index contributed by atoms with van der Waals surface area (Å²) >= 11 is 0. The van der Waals surface area contributed by atoms with E-state index in [4.69, 9.17) is 9.63 Å². The quantitative estimate of drug-likeness (QED) is 0.914. The maximum atomic E-state index is 11.1. The van der Waals surface area contributed by atoms with Gasteiger partial charge in [-0.15, -0.1) is 0 Å². The van der Waals surface area contributed by atoms with Crippen LogP contribution in [0.5, 0.6) is 0 Å². The Hall–Kier alpha value is -3.14. The molecule has 0 saturated heterocycles. The van der Waals surface area contributed by atoms with Crippen molar-refractivity contribution in [1.82, 2.24) is 5.16 Å². The number of carboxylic acids is 1. The van der Waals surface area contributed by atoms with Crippen molar-refractivity contribution in [2.75, 3.05) is 0 Å². The molecular weight excluding hydrogens is 302 g/mol. The van der Waals surface area contributed by atoms with E-state index in [1.54, 1.807) is 18.2 Å². The summed E-state index contributed by atoms with van der Waals surface area (Å²) in [5, 5.41) is 13.2.